The summed E-state index contributed by atoms with van der Waals surface area (Å²) in [6.45, 7) is 30.5. The van der Waals surface area contributed by atoms with Crippen LogP contribution < -0.4 is 56.2 Å². The fourth-order valence-electron chi connectivity index (χ4n) is 13.9. The Morgan fingerprint density at radius 1 is 0.331 bits per heavy atom. The first-order chi connectivity index (χ1) is 56.2. The lowest BCUT2D eigenvalue weighted by atomic mass is 10.0. The monoisotopic (exact) mass is 1800 g/mol. The maximum atomic E-state index is 12.2. The van der Waals surface area contributed by atoms with Gasteiger partial charge in [-0.2, -0.15) is 0 Å². The lowest BCUT2D eigenvalue weighted by Crippen LogP contribution is -2.35. The minimum atomic E-state index is -1.29. The second-order valence-electron chi connectivity index (χ2n) is 34.9. The maximum absolute atomic E-state index is 12.2. The van der Waals surface area contributed by atoms with Crippen molar-refractivity contribution >= 4 is 72.1 Å². The van der Waals surface area contributed by atoms with Crippen LogP contribution >= 0.6 is 34.4 Å². The Morgan fingerprint density at radius 2 is 0.570 bits per heavy atom. The van der Waals surface area contributed by atoms with Crippen molar-refractivity contribution in [3.63, 3.8) is 0 Å². The molecule has 0 bridgehead atoms. The molecule has 5 aromatic heterocycles. The van der Waals surface area contributed by atoms with Crippen LogP contribution in [0.3, 0.4) is 0 Å². The number of ether oxygens (including phenoxy) is 5. The summed E-state index contributed by atoms with van der Waals surface area (Å²) in [4.78, 5) is 130. The quantitative estimate of drug-likeness (QED) is 0.0218. The number of allylic oxidation sites excluding steroid dienone is 2. The molecule has 5 aromatic rings. The highest BCUT2D eigenvalue weighted by atomic mass is 31.2. The lowest BCUT2D eigenvalue weighted by Gasteiger charge is -2.18. The van der Waals surface area contributed by atoms with Gasteiger partial charge < -0.3 is 83.9 Å². The molecule has 5 aliphatic rings. The van der Waals surface area contributed by atoms with Gasteiger partial charge in [0.2, 0.25) is 0 Å². The largest absolute Gasteiger partial charge is 0.388 e. The van der Waals surface area contributed by atoms with Gasteiger partial charge in [0.1, 0.15) is 91.6 Å². The molecule has 10 rings (SSSR count). The van der Waals surface area contributed by atoms with Gasteiger partial charge in [-0.25, -0.2) is 24.0 Å². The van der Waals surface area contributed by atoms with Crippen LogP contribution in [0.15, 0.2) is 111 Å². The molecule has 680 valence electrons. The second kappa shape index (κ2) is 44.6. The summed E-state index contributed by atoms with van der Waals surface area (Å²) in [5, 5.41) is 103. The number of aromatic amines is 5. The SMILES string of the molecule is C=CCCn1cc([C@@H]2O[C@H](CCP(=C)(C)C)[C@@H](O)[C@H]2O)c(=O)[nH]c1=O.C=CCn1cc([C@@H]2O[C@H](CCP(=C)(C)C)[C@@H](O)[C@H]2O)c(=O)[nH]c1=O.C=Cn1cc([C@@H]2O[C@H](CCP(=C)(C)C)[C@@H](O)[C@H]2O)c(=O)[nH]c1=O.C=P(C)(C)CC[C@H]1O[C@@H](c2cn(CCC)c(=O)[nH]c2=O)[C@H](O)[C@@H]1O.C=P(C)(C)CC[C@H]1O[C@@H](c2cn(CCCC)c(=O)[nH]c2=O)[C@H](O)[C@@H]1O. The number of H-pyrrole nitrogens is 5. The van der Waals surface area contributed by atoms with E-state index >= 15 is 0 Å². The molecule has 0 aromatic carbocycles. The van der Waals surface area contributed by atoms with Crippen LogP contribution in [0.4, 0.5) is 0 Å². The van der Waals surface area contributed by atoms with E-state index in [0.29, 0.717) is 58.2 Å². The molecule has 10 heterocycles. The molecule has 121 heavy (non-hydrogen) atoms. The number of unbranched alkanes of at least 4 members (excludes halogenated alkanes) is 1. The lowest BCUT2D eigenvalue weighted by molar-refractivity contribution is 0.00493. The minimum absolute atomic E-state index is 0.0854. The molecular formula is C81H131N10O25P5. The highest BCUT2D eigenvalue weighted by Crippen LogP contribution is 2.45. The van der Waals surface area contributed by atoms with Crippen molar-refractivity contribution in [1.29, 1.82) is 0 Å². The molecule has 5 aliphatic heterocycles. The number of aromatic nitrogens is 10. The van der Waals surface area contributed by atoms with Crippen molar-refractivity contribution in [3.05, 3.63) is 195 Å². The van der Waals surface area contributed by atoms with E-state index in [1.165, 1.54) is 61.5 Å². The molecule has 20 atom stereocenters. The van der Waals surface area contributed by atoms with Gasteiger partial charge in [0, 0.05) is 63.4 Å². The van der Waals surface area contributed by atoms with Gasteiger partial charge in [-0.15, -0.1) is 79.1 Å². The van der Waals surface area contributed by atoms with E-state index in [-0.39, 0.29) is 34.4 Å². The Kier molecular flexibility index (Phi) is 38.1. The van der Waals surface area contributed by atoms with Gasteiger partial charge in [-0.1, -0.05) is 39.0 Å². The van der Waals surface area contributed by atoms with Gasteiger partial charge in [0.15, 0.2) is 0 Å². The summed E-state index contributed by atoms with van der Waals surface area (Å²) in [7, 11) is 0. The third-order valence-corrected chi connectivity index (χ3v) is 28.2. The first kappa shape index (κ1) is 103. The number of hydrogen-bond acceptors (Lipinski definition) is 25. The molecule has 0 unspecified atom stereocenters. The number of aliphatic hydroxyl groups is 10. The van der Waals surface area contributed by atoms with Crippen LogP contribution in [0.2, 0.25) is 0 Å². The fraction of sp³-hybridized carbons (Fsp3) is 0.617. The number of nitrogens with zero attached hydrogens (tertiary/aromatic N) is 5. The van der Waals surface area contributed by atoms with Crippen molar-refractivity contribution in [2.75, 3.05) is 97.5 Å². The summed E-state index contributed by atoms with van der Waals surface area (Å²) in [6, 6.07) is 0. The first-order valence-corrected chi connectivity index (χ1v) is 55.4. The van der Waals surface area contributed by atoms with Crippen LogP contribution in [-0.2, 0) is 49.9 Å². The van der Waals surface area contributed by atoms with E-state index in [0.717, 1.165) is 54.6 Å². The van der Waals surface area contributed by atoms with Gasteiger partial charge >= 0.3 is 28.4 Å². The second-order valence-corrected chi connectivity index (χ2v) is 56.5. The normalized spacial score (nSPS) is 27.3. The molecule has 5 fully saturated rings. The van der Waals surface area contributed by atoms with Gasteiger partial charge in [-0.3, -0.25) is 62.6 Å². The molecule has 0 spiro atoms. The topological polar surface area (TPSA) is 523 Å². The van der Waals surface area contributed by atoms with Crippen LogP contribution in [0, 0.1) is 0 Å². The summed E-state index contributed by atoms with van der Waals surface area (Å²) in [5.74, 6) is 0. The zero-order chi connectivity index (χ0) is 91.0. The predicted octanol–water partition coefficient (Wildman–Crippen LogP) is 1.06. The van der Waals surface area contributed by atoms with Crippen molar-refractivity contribution in [2.45, 2.75) is 220 Å². The maximum Gasteiger partial charge on any atom is 0.332 e. The molecule has 40 heteroatoms. The van der Waals surface area contributed by atoms with E-state index in [2.05, 4.69) is 143 Å². The Labute approximate surface area is 703 Å². The molecular weight excluding hydrogens is 1670 g/mol. The summed E-state index contributed by atoms with van der Waals surface area (Å²) in [6.07, 6.45) is 22.8. The molecule has 5 saturated heterocycles. The zero-order valence-electron chi connectivity index (χ0n) is 71.6. The summed E-state index contributed by atoms with van der Waals surface area (Å²) < 4.78 is 35.3. The average Bonchev–Trinajstić information content (AvgIpc) is 1.69. The minimum Gasteiger partial charge on any atom is -0.388 e. The van der Waals surface area contributed by atoms with Crippen molar-refractivity contribution in [3.8, 4) is 0 Å². The van der Waals surface area contributed by atoms with E-state index < -0.39 is 213 Å². The molecule has 0 amide bonds. The zero-order valence-corrected chi connectivity index (χ0v) is 76.1. The molecule has 35 nitrogen and oxygen atoms in total. The predicted molar refractivity (Wildman–Crippen MR) is 488 cm³/mol. The third kappa shape index (κ3) is 29.3. The van der Waals surface area contributed by atoms with Crippen molar-refractivity contribution < 1.29 is 74.7 Å². The number of rotatable bonds is 31. The van der Waals surface area contributed by atoms with Gasteiger partial charge in [0.25, 0.3) is 27.8 Å². The van der Waals surface area contributed by atoms with E-state index in [4.69, 9.17) is 23.7 Å². The Hall–Kier alpha value is -6.48. The van der Waals surface area contributed by atoms with E-state index in [1.54, 1.807) is 6.08 Å². The smallest absolute Gasteiger partial charge is 0.332 e. The van der Waals surface area contributed by atoms with Crippen molar-refractivity contribution in [1.82, 2.24) is 47.8 Å². The van der Waals surface area contributed by atoms with Crippen molar-refractivity contribution in [2.24, 2.45) is 0 Å². The summed E-state index contributed by atoms with van der Waals surface area (Å²) >= 11 is 0. The Morgan fingerprint density at radius 3 is 0.810 bits per heavy atom. The molecule has 0 saturated carbocycles. The van der Waals surface area contributed by atoms with E-state index in [9.17, 15) is 99.0 Å². The van der Waals surface area contributed by atoms with Crippen LogP contribution in [0.1, 0.15) is 130 Å². The number of aryl methyl sites for hydroxylation is 3. The number of nitrogens with one attached hydrogen (secondary N) is 5. The van der Waals surface area contributed by atoms with Crippen LogP contribution in [0.5, 0.6) is 0 Å². The van der Waals surface area contributed by atoms with Crippen LogP contribution in [0.25, 0.3) is 6.20 Å². The highest BCUT2D eigenvalue weighted by Gasteiger charge is 2.49. The fourth-order valence-corrected chi connectivity index (χ4v) is 18.7. The first-order valence-electron chi connectivity index (χ1n) is 40.2. The number of aliphatic hydroxyl groups excluding tert-OH is 10. The molecule has 0 aliphatic carbocycles. The summed E-state index contributed by atoms with van der Waals surface area (Å²) in [5.41, 5.74) is -5.03. The average molecular weight is 1800 g/mol. The Balaban J connectivity index is 0.000000234. The standard InChI is InChI=1S/C17H29N2O5P.C17H27N2O5P.C16H27N2O5P.C16H25N2O5P.C15H23N2O5P/c2*1-5-6-8-19-10-11(16(22)18-17(19)23)15-14(21)13(20)12(24-15)7-9-25(2,3)4;2*1-5-7-18-9-10(15(21)17-16(18)22)14-13(20)12(19)11(23-14)6-8-24(2,3)4;1-5-17-8-9(14(20)16-15(17)21)13-12(19)11(18)10(22-13)6-7-23(2,3)4/h10,12-15,20-21H,2,5-9H2,1,3-4H3,(H,18,22,23);5,10,12-15,20-21H,1-2,6-9H2,3-4H3,(H,18,22,23);9,11-14,19-20H,2,5-8H2,1,3-4H3,(H,17,21,22);5,9,11-14,19-20H,1-2,6-8H2,3-4H3,(H,17,21,22);5,8,10-13,18-19H,1-2,6-7H2,3-4H3,(H,16,20,21)/t2*12-,13-,14-,15+;2*11-,12-,13-,14+;10-,11-,12-,13+/m11111/s1. The van der Waals surface area contributed by atoms with Gasteiger partial charge in [0.05, 0.1) is 58.3 Å². The van der Waals surface area contributed by atoms with Gasteiger partial charge in [-0.05, 0) is 149 Å². The van der Waals surface area contributed by atoms with Crippen LogP contribution in [-0.4, -0.2) is 319 Å². The highest BCUT2D eigenvalue weighted by molar-refractivity contribution is 7.73. The number of hydrogen-bond donors (Lipinski definition) is 15. The molecule has 15 N–H and O–H groups in total. The third-order valence-electron chi connectivity index (χ3n) is 20.9. The molecule has 0 radical (unpaired) electrons. The van der Waals surface area contributed by atoms with E-state index in [1.807, 2.05) is 13.8 Å². The Bertz CT molecular complexity index is 5260.